The summed E-state index contributed by atoms with van der Waals surface area (Å²) in [5, 5.41) is 10.2. The van der Waals surface area contributed by atoms with Gasteiger partial charge in [0.25, 0.3) is 0 Å². The van der Waals surface area contributed by atoms with Gasteiger partial charge in [-0.3, -0.25) is 0 Å². The second kappa shape index (κ2) is 3.88. The monoisotopic (exact) mass is 99.1 g/mol. The summed E-state index contributed by atoms with van der Waals surface area (Å²) in [6, 6.07) is 0. The van der Waals surface area contributed by atoms with E-state index in [0.29, 0.717) is 6.42 Å². The minimum atomic E-state index is -0.434. The van der Waals surface area contributed by atoms with Gasteiger partial charge in [0.1, 0.15) is 0 Å². The lowest BCUT2D eigenvalue weighted by atomic mass is 10.3. The Balaban J connectivity index is 2.97. The molecule has 0 saturated heterocycles. The second-order valence-electron chi connectivity index (χ2n) is 1.62. The molecule has 0 aromatic heterocycles. The minimum absolute atomic E-state index is 0.434. The van der Waals surface area contributed by atoms with Gasteiger partial charge in [0.2, 0.25) is 0 Å². The van der Waals surface area contributed by atoms with Gasteiger partial charge in [-0.15, -0.1) is 0 Å². The number of rotatable bonds is 2. The quantitative estimate of drug-likeness (QED) is 0.470. The molecule has 7 heavy (non-hydrogen) atoms. The smallest absolute Gasteiger partial charge is 0.0936 e. The first-order valence-electron chi connectivity index (χ1n) is 2.54. The van der Waals surface area contributed by atoms with Crippen LogP contribution in [0, 0.1) is 0 Å². The predicted octanol–water partition coefficient (Wildman–Crippen LogP) is 1.77. The number of hydrogen-bond acceptors (Lipinski definition) is 0. The maximum absolute atomic E-state index is 10.2. The lowest BCUT2D eigenvalue weighted by molar-refractivity contribution is 0.108. The van der Waals surface area contributed by atoms with Crippen molar-refractivity contribution >= 4 is 0 Å². The lowest BCUT2D eigenvalue weighted by Gasteiger charge is -1.89. The molecule has 0 spiro atoms. The molecule has 1 nitrogen and oxygen atoms in total. The van der Waals surface area contributed by atoms with Crippen LogP contribution in [0.5, 0.6) is 0 Å². The first-order valence-corrected chi connectivity index (χ1v) is 2.54. The Morgan fingerprint density at radius 1 is 1.71 bits per heavy atom. The fourth-order valence-electron chi connectivity index (χ4n) is 0.328. The molecule has 0 aliphatic heterocycles. The standard InChI is InChI=1S/C6H11O/c1-3-4-5-6(2)7/h3-4,6H,5H2,1-2H3/b4-3+. The van der Waals surface area contributed by atoms with Crippen LogP contribution in [0.3, 0.4) is 0 Å². The molecule has 0 amide bonds. The van der Waals surface area contributed by atoms with Gasteiger partial charge in [0, 0.05) is 0 Å². The van der Waals surface area contributed by atoms with E-state index in [4.69, 9.17) is 0 Å². The molecule has 0 rings (SSSR count). The highest BCUT2D eigenvalue weighted by atomic mass is 16.3. The van der Waals surface area contributed by atoms with Gasteiger partial charge in [0.05, 0.1) is 6.10 Å². The molecule has 0 bridgehead atoms. The largest absolute Gasteiger partial charge is 0.233 e. The molecule has 1 radical (unpaired) electrons. The van der Waals surface area contributed by atoms with Gasteiger partial charge in [-0.1, -0.05) is 12.2 Å². The normalized spacial score (nSPS) is 15.3. The third-order valence-corrected chi connectivity index (χ3v) is 0.704. The molecule has 1 atom stereocenters. The van der Waals surface area contributed by atoms with Crippen molar-refractivity contribution in [2.45, 2.75) is 26.4 Å². The first kappa shape index (κ1) is 6.70. The molecule has 0 heterocycles. The summed E-state index contributed by atoms with van der Waals surface area (Å²) in [7, 11) is 0. The van der Waals surface area contributed by atoms with E-state index in [0.717, 1.165) is 0 Å². The predicted molar refractivity (Wildman–Crippen MR) is 29.6 cm³/mol. The number of hydrogen-bond donors (Lipinski definition) is 0. The minimum Gasteiger partial charge on any atom is -0.233 e. The Hall–Kier alpha value is -0.300. The zero-order valence-corrected chi connectivity index (χ0v) is 4.85. The first-order chi connectivity index (χ1) is 3.27. The zero-order valence-electron chi connectivity index (χ0n) is 4.85. The zero-order chi connectivity index (χ0) is 5.70. The molecule has 0 saturated carbocycles. The highest BCUT2D eigenvalue weighted by Crippen LogP contribution is 1.89. The van der Waals surface area contributed by atoms with Crippen LogP contribution in [-0.4, -0.2) is 6.10 Å². The second-order valence-corrected chi connectivity index (χ2v) is 1.62. The average Bonchev–Trinajstić information content (AvgIpc) is 1.61. The SMILES string of the molecule is C/C=C/CC(C)[O]. The van der Waals surface area contributed by atoms with Crippen LogP contribution in [0.4, 0.5) is 0 Å². The fourth-order valence-corrected chi connectivity index (χ4v) is 0.328. The van der Waals surface area contributed by atoms with Crippen LogP contribution >= 0.6 is 0 Å². The number of allylic oxidation sites excluding steroid dienone is 1. The summed E-state index contributed by atoms with van der Waals surface area (Å²) in [5.74, 6) is 0. The van der Waals surface area contributed by atoms with Crippen LogP contribution in [-0.2, 0) is 5.11 Å². The van der Waals surface area contributed by atoms with E-state index in [1.807, 2.05) is 19.1 Å². The van der Waals surface area contributed by atoms with E-state index in [1.165, 1.54) is 0 Å². The third-order valence-electron chi connectivity index (χ3n) is 0.704. The van der Waals surface area contributed by atoms with Gasteiger partial charge < -0.3 is 0 Å². The molecule has 0 N–H and O–H groups in total. The van der Waals surface area contributed by atoms with Gasteiger partial charge in [-0.2, -0.15) is 0 Å². The van der Waals surface area contributed by atoms with E-state index in [-0.39, 0.29) is 0 Å². The van der Waals surface area contributed by atoms with E-state index in [1.54, 1.807) is 6.92 Å². The molecular weight excluding hydrogens is 88.1 g/mol. The molecule has 0 aromatic rings. The van der Waals surface area contributed by atoms with Crippen molar-refractivity contribution in [1.82, 2.24) is 0 Å². The van der Waals surface area contributed by atoms with Gasteiger partial charge in [-0.05, 0) is 20.3 Å². The summed E-state index contributed by atoms with van der Waals surface area (Å²) >= 11 is 0. The molecule has 41 valence electrons. The summed E-state index contributed by atoms with van der Waals surface area (Å²) in [5.41, 5.74) is 0. The molecule has 0 aliphatic carbocycles. The van der Waals surface area contributed by atoms with Crippen LogP contribution in [0.2, 0.25) is 0 Å². The summed E-state index contributed by atoms with van der Waals surface area (Å²) < 4.78 is 0. The molecule has 1 unspecified atom stereocenters. The highest BCUT2D eigenvalue weighted by molar-refractivity contribution is 4.78. The fraction of sp³-hybridized carbons (Fsp3) is 0.667. The Kier molecular flexibility index (Phi) is 3.71. The Bertz CT molecular complexity index is 55.2. The van der Waals surface area contributed by atoms with E-state index in [2.05, 4.69) is 0 Å². The van der Waals surface area contributed by atoms with Crippen LogP contribution in [0.25, 0.3) is 0 Å². The van der Waals surface area contributed by atoms with Gasteiger partial charge in [0.15, 0.2) is 0 Å². The van der Waals surface area contributed by atoms with Crippen LogP contribution < -0.4 is 0 Å². The summed E-state index contributed by atoms with van der Waals surface area (Å²) in [6.45, 7) is 3.59. The summed E-state index contributed by atoms with van der Waals surface area (Å²) in [6.07, 6.45) is 4.01. The van der Waals surface area contributed by atoms with Crippen molar-refractivity contribution < 1.29 is 5.11 Å². The Labute approximate surface area is 44.7 Å². The summed E-state index contributed by atoms with van der Waals surface area (Å²) in [4.78, 5) is 0. The van der Waals surface area contributed by atoms with E-state index >= 15 is 0 Å². The molecule has 0 aliphatic rings. The Morgan fingerprint density at radius 3 is 2.43 bits per heavy atom. The third kappa shape index (κ3) is 5.70. The van der Waals surface area contributed by atoms with Crippen molar-refractivity contribution in [3.8, 4) is 0 Å². The van der Waals surface area contributed by atoms with Gasteiger partial charge in [-0.25, -0.2) is 5.11 Å². The van der Waals surface area contributed by atoms with Gasteiger partial charge >= 0.3 is 0 Å². The van der Waals surface area contributed by atoms with Crippen molar-refractivity contribution in [3.63, 3.8) is 0 Å². The maximum atomic E-state index is 10.2. The van der Waals surface area contributed by atoms with Crippen LogP contribution in [0.15, 0.2) is 12.2 Å². The topological polar surface area (TPSA) is 19.9 Å². The maximum Gasteiger partial charge on any atom is 0.0936 e. The van der Waals surface area contributed by atoms with Crippen molar-refractivity contribution in [2.75, 3.05) is 0 Å². The molecule has 0 aromatic carbocycles. The molecular formula is C6H11O. The van der Waals surface area contributed by atoms with Crippen molar-refractivity contribution in [1.29, 1.82) is 0 Å². The van der Waals surface area contributed by atoms with E-state index in [9.17, 15) is 5.11 Å². The molecule has 1 heteroatoms. The van der Waals surface area contributed by atoms with Crippen molar-refractivity contribution in [2.24, 2.45) is 0 Å². The van der Waals surface area contributed by atoms with Crippen LogP contribution in [0.1, 0.15) is 20.3 Å². The highest BCUT2D eigenvalue weighted by Gasteiger charge is 1.88. The van der Waals surface area contributed by atoms with E-state index < -0.39 is 6.10 Å². The average molecular weight is 99.2 g/mol. The Morgan fingerprint density at radius 2 is 2.29 bits per heavy atom. The molecule has 0 fully saturated rings. The van der Waals surface area contributed by atoms with Crippen molar-refractivity contribution in [3.05, 3.63) is 12.2 Å². The lowest BCUT2D eigenvalue weighted by Crippen LogP contribution is -1.92.